The molecule has 68 valence electrons. The zero-order valence-electron chi connectivity index (χ0n) is 5.97. The van der Waals surface area contributed by atoms with Crippen LogP contribution in [-0.2, 0) is 10.1 Å². The molecule has 0 heterocycles. The van der Waals surface area contributed by atoms with Gasteiger partial charge in [-0.3, -0.25) is 4.55 Å². The van der Waals surface area contributed by atoms with Crippen molar-refractivity contribution in [1.82, 2.24) is 0 Å². The smallest absolute Gasteiger partial charge is 0.296 e. The van der Waals surface area contributed by atoms with Gasteiger partial charge in [-0.05, 0) is 12.1 Å². The number of hydrogen-bond donors (Lipinski definition) is 2. The monoisotopic (exact) mass is 253 g/mol. The molecule has 0 atom stereocenters. The Morgan fingerprint density at radius 3 is 2.08 bits per heavy atom. The second-order valence-electron chi connectivity index (χ2n) is 2.01. The summed E-state index contributed by atoms with van der Waals surface area (Å²) in [6, 6.07) is 5.72. The normalized spacial score (nSPS) is 10.4. The van der Waals surface area contributed by atoms with Crippen LogP contribution in [0.4, 0.5) is 5.69 Å². The van der Waals surface area contributed by atoms with E-state index in [9.17, 15) is 8.42 Å². The minimum Gasteiger partial charge on any atom is -0.398 e. The van der Waals surface area contributed by atoms with Gasteiger partial charge in [0.25, 0.3) is 10.1 Å². The van der Waals surface area contributed by atoms with Crippen molar-refractivity contribution in [2.24, 2.45) is 0 Å². The number of rotatable bonds is 1. The Labute approximate surface area is 80.9 Å². The molecule has 0 aromatic heterocycles. The number of anilines is 1. The standard InChI is InChI=1S/C6H7NO3S.BrH/c7-5-3-1-2-4-6(5)11(8,9)10;/h1-4H,7H2,(H,8,9,10);1H. The molecular weight excluding hydrogens is 246 g/mol. The third kappa shape index (κ3) is 2.47. The van der Waals surface area contributed by atoms with Crippen LogP contribution in [0.15, 0.2) is 29.2 Å². The van der Waals surface area contributed by atoms with Gasteiger partial charge in [0, 0.05) is 0 Å². The minimum atomic E-state index is -4.16. The Morgan fingerprint density at radius 2 is 1.75 bits per heavy atom. The molecule has 0 aliphatic rings. The lowest BCUT2D eigenvalue weighted by molar-refractivity contribution is 0.483. The zero-order valence-corrected chi connectivity index (χ0v) is 8.50. The molecule has 6 heteroatoms. The Hall–Kier alpha value is -0.590. The van der Waals surface area contributed by atoms with E-state index in [2.05, 4.69) is 0 Å². The molecule has 0 saturated carbocycles. The van der Waals surface area contributed by atoms with Crippen molar-refractivity contribution in [3.8, 4) is 0 Å². The Morgan fingerprint density at radius 1 is 1.25 bits per heavy atom. The highest BCUT2D eigenvalue weighted by atomic mass is 79.9. The summed E-state index contributed by atoms with van der Waals surface area (Å²) < 4.78 is 29.6. The van der Waals surface area contributed by atoms with Crippen molar-refractivity contribution >= 4 is 32.8 Å². The molecule has 4 nitrogen and oxygen atoms in total. The summed E-state index contributed by atoms with van der Waals surface area (Å²) in [4.78, 5) is -0.250. The van der Waals surface area contributed by atoms with Gasteiger partial charge in [-0.2, -0.15) is 8.42 Å². The van der Waals surface area contributed by atoms with E-state index in [0.717, 1.165) is 0 Å². The molecule has 0 fully saturated rings. The quantitative estimate of drug-likeness (QED) is 0.580. The number of nitrogens with two attached hydrogens (primary N) is 1. The van der Waals surface area contributed by atoms with Crippen molar-refractivity contribution < 1.29 is 13.0 Å². The van der Waals surface area contributed by atoms with Gasteiger partial charge in [0.2, 0.25) is 0 Å². The van der Waals surface area contributed by atoms with E-state index in [0.29, 0.717) is 0 Å². The van der Waals surface area contributed by atoms with Gasteiger partial charge < -0.3 is 5.73 Å². The van der Waals surface area contributed by atoms with Gasteiger partial charge in [0.15, 0.2) is 0 Å². The molecule has 1 rings (SSSR count). The highest BCUT2D eigenvalue weighted by Crippen LogP contribution is 2.15. The molecule has 0 saturated heterocycles. The lowest BCUT2D eigenvalue weighted by Gasteiger charge is -1.98. The fraction of sp³-hybridized carbons (Fsp3) is 0. The molecule has 0 spiro atoms. The van der Waals surface area contributed by atoms with Crippen LogP contribution >= 0.6 is 17.0 Å². The highest BCUT2D eigenvalue weighted by molar-refractivity contribution is 8.93. The number of benzene rings is 1. The zero-order chi connectivity index (χ0) is 8.48. The molecule has 0 radical (unpaired) electrons. The van der Waals surface area contributed by atoms with Crippen molar-refractivity contribution in [2.75, 3.05) is 5.73 Å². The Balaban J connectivity index is 0.00000121. The molecule has 0 aliphatic heterocycles. The third-order valence-electron chi connectivity index (χ3n) is 1.20. The third-order valence-corrected chi connectivity index (χ3v) is 2.12. The van der Waals surface area contributed by atoms with Gasteiger partial charge in [-0.25, -0.2) is 0 Å². The first kappa shape index (κ1) is 11.4. The highest BCUT2D eigenvalue weighted by Gasteiger charge is 2.11. The average Bonchev–Trinajstić information content (AvgIpc) is 1.86. The molecule has 0 amide bonds. The molecule has 12 heavy (non-hydrogen) atoms. The number of nitrogen functional groups attached to an aromatic ring is 1. The second kappa shape index (κ2) is 3.88. The van der Waals surface area contributed by atoms with Crippen LogP contribution in [0, 0.1) is 0 Å². The molecule has 0 aliphatic carbocycles. The van der Waals surface area contributed by atoms with E-state index >= 15 is 0 Å². The Bertz CT molecular complexity index is 363. The van der Waals surface area contributed by atoms with E-state index in [1.165, 1.54) is 18.2 Å². The van der Waals surface area contributed by atoms with E-state index in [4.69, 9.17) is 10.3 Å². The largest absolute Gasteiger partial charge is 0.398 e. The molecule has 0 bridgehead atoms. The van der Waals surface area contributed by atoms with Crippen LogP contribution in [-0.4, -0.2) is 13.0 Å². The maximum absolute atomic E-state index is 10.5. The van der Waals surface area contributed by atoms with Gasteiger partial charge in [-0.1, -0.05) is 12.1 Å². The number of hydrogen-bond acceptors (Lipinski definition) is 3. The molecule has 1 aromatic carbocycles. The molecule has 0 unspecified atom stereocenters. The molecular formula is C6H8BrNO3S. The first-order valence-corrected chi connectivity index (χ1v) is 4.28. The van der Waals surface area contributed by atoms with Crippen molar-refractivity contribution in [1.29, 1.82) is 0 Å². The lowest BCUT2D eigenvalue weighted by atomic mass is 10.3. The number of para-hydroxylation sites is 1. The fourth-order valence-corrected chi connectivity index (χ4v) is 1.33. The molecule has 1 aromatic rings. The summed E-state index contributed by atoms with van der Waals surface area (Å²) in [5, 5.41) is 0. The maximum atomic E-state index is 10.5. The first-order valence-electron chi connectivity index (χ1n) is 2.84. The van der Waals surface area contributed by atoms with Crippen LogP contribution in [0.2, 0.25) is 0 Å². The number of halogens is 1. The second-order valence-corrected chi connectivity index (χ2v) is 3.40. The van der Waals surface area contributed by atoms with Crippen molar-refractivity contribution in [3.63, 3.8) is 0 Å². The van der Waals surface area contributed by atoms with Gasteiger partial charge in [0.1, 0.15) is 4.90 Å². The maximum Gasteiger partial charge on any atom is 0.296 e. The summed E-state index contributed by atoms with van der Waals surface area (Å²) in [5.74, 6) is 0. The molecule has 3 N–H and O–H groups in total. The topological polar surface area (TPSA) is 80.4 Å². The predicted octanol–water partition coefficient (Wildman–Crippen LogP) is 1.09. The van der Waals surface area contributed by atoms with Gasteiger partial charge in [0.05, 0.1) is 5.69 Å². The van der Waals surface area contributed by atoms with Gasteiger partial charge >= 0.3 is 0 Å². The predicted molar refractivity (Wildman–Crippen MR) is 51.0 cm³/mol. The summed E-state index contributed by atoms with van der Waals surface area (Å²) >= 11 is 0. The first-order chi connectivity index (χ1) is 5.02. The summed E-state index contributed by atoms with van der Waals surface area (Å²) in [7, 11) is -4.16. The van der Waals surface area contributed by atoms with Crippen molar-refractivity contribution in [2.45, 2.75) is 4.90 Å². The Kier molecular flexibility index (Phi) is 3.69. The van der Waals surface area contributed by atoms with E-state index < -0.39 is 10.1 Å². The van der Waals surface area contributed by atoms with Gasteiger partial charge in [-0.15, -0.1) is 17.0 Å². The summed E-state index contributed by atoms with van der Waals surface area (Å²) in [6.45, 7) is 0. The van der Waals surface area contributed by atoms with E-state index in [-0.39, 0.29) is 27.6 Å². The minimum absolute atomic E-state index is 0. The van der Waals surface area contributed by atoms with E-state index in [1.807, 2.05) is 0 Å². The van der Waals surface area contributed by atoms with E-state index in [1.54, 1.807) is 6.07 Å². The fourth-order valence-electron chi connectivity index (χ4n) is 0.715. The van der Waals surface area contributed by atoms with Crippen LogP contribution < -0.4 is 5.73 Å². The van der Waals surface area contributed by atoms with Crippen LogP contribution in [0.5, 0.6) is 0 Å². The SMILES string of the molecule is Br.Nc1ccccc1S(=O)(=O)O. The lowest BCUT2D eigenvalue weighted by Crippen LogP contribution is -2.01. The van der Waals surface area contributed by atoms with Crippen LogP contribution in [0.25, 0.3) is 0 Å². The summed E-state index contributed by atoms with van der Waals surface area (Å²) in [6.07, 6.45) is 0. The van der Waals surface area contributed by atoms with Crippen LogP contribution in [0.3, 0.4) is 0 Å². The average molecular weight is 254 g/mol. The van der Waals surface area contributed by atoms with Crippen molar-refractivity contribution in [3.05, 3.63) is 24.3 Å². The summed E-state index contributed by atoms with van der Waals surface area (Å²) in [5.41, 5.74) is 5.32. The van der Waals surface area contributed by atoms with Crippen LogP contribution in [0.1, 0.15) is 0 Å².